The van der Waals surface area contributed by atoms with Gasteiger partial charge in [-0.15, -0.1) is 0 Å². The van der Waals surface area contributed by atoms with E-state index in [9.17, 15) is 9.59 Å². The summed E-state index contributed by atoms with van der Waals surface area (Å²) in [5, 5.41) is 3.98. The summed E-state index contributed by atoms with van der Waals surface area (Å²) in [6, 6.07) is 7.51. The van der Waals surface area contributed by atoms with Crippen molar-refractivity contribution in [2.24, 2.45) is 0 Å². The molecule has 1 aliphatic heterocycles. The average molecular weight is 353 g/mol. The van der Waals surface area contributed by atoms with E-state index in [1.54, 1.807) is 4.90 Å². The summed E-state index contributed by atoms with van der Waals surface area (Å²) in [7, 11) is 1.38. The van der Waals surface area contributed by atoms with Gasteiger partial charge in [-0.2, -0.15) is 0 Å². The highest BCUT2D eigenvalue weighted by Gasteiger charge is 2.34. The number of nitrogens with zero attached hydrogens (tertiary/aromatic N) is 1. The van der Waals surface area contributed by atoms with E-state index < -0.39 is 0 Å². The summed E-state index contributed by atoms with van der Waals surface area (Å²) in [5.74, 6) is -0.160. The molecule has 0 radical (unpaired) electrons. The summed E-state index contributed by atoms with van der Waals surface area (Å²) in [6.45, 7) is 4.05. The van der Waals surface area contributed by atoms with Crippen molar-refractivity contribution in [3.8, 4) is 0 Å². The van der Waals surface area contributed by atoms with Crippen molar-refractivity contribution in [2.75, 3.05) is 20.2 Å². The van der Waals surface area contributed by atoms with Crippen LogP contribution in [0.1, 0.15) is 38.2 Å². The second-order valence-electron chi connectivity index (χ2n) is 6.54. The molecule has 0 aliphatic carbocycles. The molecule has 1 fully saturated rings. The Hall–Kier alpha value is -1.59. The van der Waals surface area contributed by atoms with E-state index in [1.165, 1.54) is 7.11 Å². The quantitative estimate of drug-likeness (QED) is 0.731. The van der Waals surface area contributed by atoms with Gasteiger partial charge in [0.05, 0.1) is 7.11 Å². The molecule has 1 atom stereocenters. The van der Waals surface area contributed by atoms with Gasteiger partial charge in [0, 0.05) is 36.5 Å². The summed E-state index contributed by atoms with van der Waals surface area (Å²) >= 11 is 6.04. The lowest BCUT2D eigenvalue weighted by atomic mass is 9.86. The van der Waals surface area contributed by atoms with Crippen LogP contribution in [0.15, 0.2) is 24.3 Å². The molecule has 1 unspecified atom stereocenters. The number of rotatable bonds is 8. The third kappa shape index (κ3) is 5.49. The minimum Gasteiger partial charge on any atom is -0.469 e. The largest absolute Gasteiger partial charge is 0.469 e. The minimum atomic E-state index is -0.252. The Morgan fingerprint density at radius 2 is 2.17 bits per heavy atom. The van der Waals surface area contributed by atoms with E-state index in [0.29, 0.717) is 37.4 Å². The highest BCUT2D eigenvalue weighted by Crippen LogP contribution is 2.24. The van der Waals surface area contributed by atoms with Crippen molar-refractivity contribution in [2.45, 2.75) is 44.7 Å². The van der Waals surface area contributed by atoms with Crippen LogP contribution in [0.4, 0.5) is 0 Å². The number of nitrogens with one attached hydrogen (secondary N) is 1. The van der Waals surface area contributed by atoms with Crippen molar-refractivity contribution in [3.63, 3.8) is 0 Å². The number of carbonyl (C=O) groups is 2. The lowest BCUT2D eigenvalue weighted by molar-refractivity contribution is -0.141. The third-order valence-corrected chi connectivity index (χ3v) is 4.66. The van der Waals surface area contributed by atoms with E-state index in [4.69, 9.17) is 11.6 Å². The maximum absolute atomic E-state index is 12.7. The first kappa shape index (κ1) is 18.7. The summed E-state index contributed by atoms with van der Waals surface area (Å²) in [5.41, 5.74) is 0.882. The molecule has 24 heavy (non-hydrogen) atoms. The van der Waals surface area contributed by atoms with E-state index in [-0.39, 0.29) is 17.4 Å². The van der Waals surface area contributed by atoms with Gasteiger partial charge in [-0.05, 0) is 44.0 Å². The fourth-order valence-corrected chi connectivity index (χ4v) is 3.03. The van der Waals surface area contributed by atoms with Gasteiger partial charge in [-0.3, -0.25) is 9.59 Å². The first-order chi connectivity index (χ1) is 11.4. The van der Waals surface area contributed by atoms with Crippen LogP contribution in [0, 0.1) is 0 Å². The second kappa shape index (κ2) is 8.49. The van der Waals surface area contributed by atoms with Crippen LogP contribution >= 0.6 is 11.6 Å². The zero-order chi connectivity index (χ0) is 17.6. The maximum Gasteiger partial charge on any atom is 0.305 e. The average Bonchev–Trinajstić information content (AvgIpc) is 2.52. The van der Waals surface area contributed by atoms with Gasteiger partial charge in [-0.1, -0.05) is 23.7 Å². The van der Waals surface area contributed by atoms with Crippen molar-refractivity contribution < 1.29 is 14.3 Å². The lowest BCUT2D eigenvalue weighted by Gasteiger charge is -2.40. The fraction of sp³-hybridized carbons (Fsp3) is 0.556. The van der Waals surface area contributed by atoms with Gasteiger partial charge < -0.3 is 15.0 Å². The van der Waals surface area contributed by atoms with Crippen LogP contribution in [-0.4, -0.2) is 42.5 Å². The SMILES string of the molecule is COC(=O)CCCN(Cc1cccc(Cl)c1)C(=O)CC1(C)CCN1. The number of hydrogen-bond acceptors (Lipinski definition) is 4. The van der Waals surface area contributed by atoms with Crippen LogP contribution in [0.5, 0.6) is 0 Å². The third-order valence-electron chi connectivity index (χ3n) is 4.42. The van der Waals surface area contributed by atoms with Crippen LogP contribution in [0.3, 0.4) is 0 Å². The van der Waals surface area contributed by atoms with Gasteiger partial charge in [0.25, 0.3) is 0 Å². The van der Waals surface area contributed by atoms with Crippen LogP contribution < -0.4 is 5.32 Å². The summed E-state index contributed by atoms with van der Waals surface area (Å²) < 4.78 is 4.66. The van der Waals surface area contributed by atoms with Crippen LogP contribution in [-0.2, 0) is 20.9 Å². The molecular weight excluding hydrogens is 328 g/mol. The number of esters is 1. The van der Waals surface area contributed by atoms with E-state index in [1.807, 2.05) is 24.3 Å². The minimum absolute atomic E-state index is 0.0922. The monoisotopic (exact) mass is 352 g/mol. The van der Waals surface area contributed by atoms with E-state index in [0.717, 1.165) is 18.5 Å². The molecule has 0 bridgehead atoms. The highest BCUT2D eigenvalue weighted by atomic mass is 35.5. The summed E-state index contributed by atoms with van der Waals surface area (Å²) in [6.07, 6.45) is 2.37. The molecule has 2 rings (SSSR count). The Morgan fingerprint density at radius 1 is 1.42 bits per heavy atom. The molecule has 0 saturated carbocycles. The molecule has 0 aromatic heterocycles. The standard InChI is InChI=1S/C18H25ClN2O3/c1-18(8-9-20-18)12-16(22)21(10-4-7-17(23)24-2)13-14-5-3-6-15(19)11-14/h3,5-6,11,20H,4,7-10,12-13H2,1-2H3. The molecule has 5 nitrogen and oxygen atoms in total. The number of ether oxygens (including phenoxy) is 1. The van der Waals surface area contributed by atoms with Crippen LogP contribution in [0.25, 0.3) is 0 Å². The second-order valence-corrected chi connectivity index (χ2v) is 6.98. The maximum atomic E-state index is 12.7. The number of benzene rings is 1. The predicted octanol–water partition coefficient (Wildman–Crippen LogP) is 2.76. The van der Waals surface area contributed by atoms with Gasteiger partial charge in [0.1, 0.15) is 0 Å². The smallest absolute Gasteiger partial charge is 0.305 e. The van der Waals surface area contributed by atoms with Gasteiger partial charge in [-0.25, -0.2) is 0 Å². The van der Waals surface area contributed by atoms with Gasteiger partial charge in [0.15, 0.2) is 0 Å². The zero-order valence-electron chi connectivity index (χ0n) is 14.3. The van der Waals surface area contributed by atoms with Crippen molar-refractivity contribution in [3.05, 3.63) is 34.9 Å². The number of halogens is 1. The Labute approximate surface area is 148 Å². The van der Waals surface area contributed by atoms with Gasteiger partial charge >= 0.3 is 5.97 Å². The first-order valence-corrected chi connectivity index (χ1v) is 8.64. The van der Waals surface area contributed by atoms with Crippen LogP contribution in [0.2, 0.25) is 5.02 Å². The Balaban J connectivity index is 1.99. The number of amides is 1. The van der Waals surface area contributed by atoms with Crippen molar-refractivity contribution in [1.29, 1.82) is 0 Å². The highest BCUT2D eigenvalue weighted by molar-refractivity contribution is 6.30. The van der Waals surface area contributed by atoms with Crippen molar-refractivity contribution in [1.82, 2.24) is 10.2 Å². The fourth-order valence-electron chi connectivity index (χ4n) is 2.81. The molecule has 132 valence electrons. The molecule has 6 heteroatoms. The molecule has 1 aliphatic rings. The molecule has 1 aromatic carbocycles. The summed E-state index contributed by atoms with van der Waals surface area (Å²) in [4.78, 5) is 25.8. The zero-order valence-corrected chi connectivity index (χ0v) is 15.1. The van der Waals surface area contributed by atoms with E-state index >= 15 is 0 Å². The molecule has 1 aromatic rings. The topological polar surface area (TPSA) is 58.6 Å². The molecule has 1 N–H and O–H groups in total. The Morgan fingerprint density at radius 3 is 2.75 bits per heavy atom. The van der Waals surface area contributed by atoms with Crippen molar-refractivity contribution >= 4 is 23.5 Å². The first-order valence-electron chi connectivity index (χ1n) is 8.26. The molecule has 1 saturated heterocycles. The lowest BCUT2D eigenvalue weighted by Crippen LogP contribution is -2.57. The Kier molecular flexibility index (Phi) is 6.63. The molecule has 0 spiro atoms. The van der Waals surface area contributed by atoms with E-state index in [2.05, 4.69) is 17.0 Å². The molecule has 1 heterocycles. The number of carbonyl (C=O) groups excluding carboxylic acids is 2. The number of methoxy groups -OCH3 is 1. The molecular formula is C18H25ClN2O3. The molecule has 1 amide bonds. The number of hydrogen-bond donors (Lipinski definition) is 1. The predicted molar refractivity (Wildman–Crippen MR) is 93.8 cm³/mol. The van der Waals surface area contributed by atoms with Gasteiger partial charge in [0.2, 0.25) is 5.91 Å². The Bertz CT molecular complexity index is 587. The normalized spacial score (nSPS) is 19.5.